The molecule has 0 radical (unpaired) electrons. The molecule has 0 bridgehead atoms. The van der Waals surface area contributed by atoms with Gasteiger partial charge in [0.1, 0.15) is 11.1 Å². The Kier molecular flexibility index (Phi) is 2.16. The second kappa shape index (κ2) is 2.93. The topological polar surface area (TPSA) is 49.8 Å². The minimum atomic E-state index is 0.654. The van der Waals surface area contributed by atoms with E-state index in [0.717, 1.165) is 12.0 Å². The Bertz CT molecular complexity index is 307. The number of hydrogen-bond acceptors (Lipinski definition) is 3. The lowest BCUT2D eigenvalue weighted by Gasteiger charge is -1.89. The van der Waals surface area contributed by atoms with Crippen molar-refractivity contribution in [2.24, 2.45) is 0 Å². The van der Waals surface area contributed by atoms with Gasteiger partial charge in [0.2, 0.25) is 0 Å². The van der Waals surface area contributed by atoms with E-state index in [1.54, 1.807) is 0 Å². The van der Waals surface area contributed by atoms with E-state index in [0.29, 0.717) is 10.6 Å². The highest BCUT2D eigenvalue weighted by Gasteiger charge is 2.09. The van der Waals surface area contributed by atoms with Gasteiger partial charge >= 0.3 is 0 Å². The number of aryl methyl sites for hydroxylation is 1. The van der Waals surface area contributed by atoms with Crippen molar-refractivity contribution in [2.75, 3.05) is 5.73 Å². The average molecular weight is 166 g/mol. The monoisotopic (exact) mass is 166 g/mol. The lowest BCUT2D eigenvalue weighted by molar-refractivity contribution is 1.16. The number of hydrogen-bond donors (Lipinski definition) is 1. The maximum atomic E-state index is 8.68. The summed E-state index contributed by atoms with van der Waals surface area (Å²) in [6.45, 7) is 4.02. The lowest BCUT2D eigenvalue weighted by Crippen LogP contribution is -1.84. The highest BCUT2D eigenvalue weighted by atomic mass is 32.1. The zero-order valence-electron chi connectivity index (χ0n) is 6.64. The third-order valence-corrected chi connectivity index (χ3v) is 2.97. The molecule has 1 heterocycles. The van der Waals surface area contributed by atoms with Gasteiger partial charge in [-0.05, 0) is 18.9 Å². The zero-order chi connectivity index (χ0) is 8.43. The van der Waals surface area contributed by atoms with Crippen molar-refractivity contribution in [3.63, 3.8) is 0 Å². The maximum Gasteiger partial charge on any atom is 0.104 e. The number of nitrogen functional groups attached to an aromatic ring is 1. The second-order valence-electron chi connectivity index (χ2n) is 2.35. The van der Waals surface area contributed by atoms with E-state index in [4.69, 9.17) is 11.0 Å². The van der Waals surface area contributed by atoms with Gasteiger partial charge in [0, 0.05) is 4.88 Å². The molecule has 1 rings (SSSR count). The molecule has 0 atom stereocenters. The van der Waals surface area contributed by atoms with E-state index in [9.17, 15) is 0 Å². The van der Waals surface area contributed by atoms with Crippen molar-refractivity contribution in [1.82, 2.24) is 0 Å². The third kappa shape index (κ3) is 1.22. The number of nitrogens with two attached hydrogens (primary N) is 1. The van der Waals surface area contributed by atoms with Crippen LogP contribution < -0.4 is 5.73 Å². The molecular formula is C8H10N2S. The minimum Gasteiger partial charge on any atom is -0.389 e. The molecular weight excluding hydrogens is 156 g/mol. The molecule has 0 unspecified atom stereocenters. The fourth-order valence-corrected chi connectivity index (χ4v) is 2.03. The van der Waals surface area contributed by atoms with Crippen LogP contribution in [0.4, 0.5) is 5.00 Å². The van der Waals surface area contributed by atoms with E-state index < -0.39 is 0 Å². The van der Waals surface area contributed by atoms with Gasteiger partial charge in [-0.25, -0.2) is 0 Å². The Morgan fingerprint density at radius 1 is 1.64 bits per heavy atom. The largest absolute Gasteiger partial charge is 0.389 e. The van der Waals surface area contributed by atoms with E-state index in [1.807, 2.05) is 6.92 Å². The van der Waals surface area contributed by atoms with Crippen molar-refractivity contribution in [2.45, 2.75) is 20.3 Å². The van der Waals surface area contributed by atoms with Crippen molar-refractivity contribution in [3.05, 3.63) is 16.0 Å². The smallest absolute Gasteiger partial charge is 0.104 e. The van der Waals surface area contributed by atoms with Crippen LogP contribution in [0.25, 0.3) is 0 Å². The van der Waals surface area contributed by atoms with E-state index in [1.165, 1.54) is 16.2 Å². The van der Waals surface area contributed by atoms with Gasteiger partial charge in [-0.2, -0.15) is 5.26 Å². The van der Waals surface area contributed by atoms with Crippen LogP contribution in [0, 0.1) is 18.3 Å². The molecule has 2 nitrogen and oxygen atoms in total. The van der Waals surface area contributed by atoms with Crippen LogP contribution in [0.3, 0.4) is 0 Å². The average Bonchev–Trinajstić information content (AvgIpc) is 2.26. The summed E-state index contributed by atoms with van der Waals surface area (Å²) in [6, 6.07) is 2.10. The van der Waals surface area contributed by atoms with Gasteiger partial charge < -0.3 is 5.73 Å². The molecule has 0 amide bonds. The van der Waals surface area contributed by atoms with Crippen LogP contribution in [0.1, 0.15) is 22.9 Å². The van der Waals surface area contributed by atoms with Crippen molar-refractivity contribution >= 4 is 16.3 Å². The number of rotatable bonds is 1. The van der Waals surface area contributed by atoms with Gasteiger partial charge in [-0.3, -0.25) is 0 Å². The third-order valence-electron chi connectivity index (χ3n) is 1.71. The fraction of sp³-hybridized carbons (Fsp3) is 0.375. The molecule has 11 heavy (non-hydrogen) atoms. The summed E-state index contributed by atoms with van der Waals surface area (Å²) in [4.78, 5) is 1.22. The first-order chi connectivity index (χ1) is 5.20. The van der Waals surface area contributed by atoms with Gasteiger partial charge in [-0.1, -0.05) is 6.92 Å². The summed E-state index contributed by atoms with van der Waals surface area (Å²) in [6.07, 6.45) is 0.961. The van der Waals surface area contributed by atoms with Crippen LogP contribution in [0.5, 0.6) is 0 Å². The Hall–Kier alpha value is -1.01. The van der Waals surface area contributed by atoms with Crippen LogP contribution >= 0.6 is 11.3 Å². The van der Waals surface area contributed by atoms with E-state index in [-0.39, 0.29) is 0 Å². The van der Waals surface area contributed by atoms with Crippen LogP contribution in [-0.4, -0.2) is 0 Å². The highest BCUT2D eigenvalue weighted by Crippen LogP contribution is 2.29. The number of nitriles is 1. The number of thiophene rings is 1. The van der Waals surface area contributed by atoms with Gasteiger partial charge in [0.25, 0.3) is 0 Å². The molecule has 0 aliphatic carbocycles. The summed E-state index contributed by atoms with van der Waals surface area (Å²) in [7, 11) is 0. The molecule has 0 fully saturated rings. The first kappa shape index (κ1) is 8.09. The lowest BCUT2D eigenvalue weighted by atomic mass is 10.1. The minimum absolute atomic E-state index is 0.654. The molecule has 0 saturated carbocycles. The molecule has 2 N–H and O–H groups in total. The normalized spacial score (nSPS) is 9.55. The van der Waals surface area contributed by atoms with Crippen LogP contribution in [0.2, 0.25) is 0 Å². The molecule has 0 aromatic carbocycles. The summed E-state index contributed by atoms with van der Waals surface area (Å²) < 4.78 is 0. The first-order valence-electron chi connectivity index (χ1n) is 3.48. The number of anilines is 1. The zero-order valence-corrected chi connectivity index (χ0v) is 7.46. The predicted molar refractivity (Wildman–Crippen MR) is 47.6 cm³/mol. The molecule has 0 saturated heterocycles. The Morgan fingerprint density at radius 3 is 2.55 bits per heavy atom. The maximum absolute atomic E-state index is 8.68. The van der Waals surface area contributed by atoms with Crippen LogP contribution in [0.15, 0.2) is 0 Å². The molecule has 3 heteroatoms. The SMILES string of the molecule is CCc1sc(N)c(C#N)c1C. The standard InChI is InChI=1S/C8H10N2S/c1-3-7-5(2)6(4-9)8(10)11-7/h3,10H2,1-2H3. The van der Waals surface area contributed by atoms with Crippen molar-refractivity contribution in [3.8, 4) is 6.07 Å². The number of nitrogens with zero attached hydrogens (tertiary/aromatic N) is 1. The molecule has 1 aromatic heterocycles. The molecule has 58 valence electrons. The molecule has 1 aromatic rings. The predicted octanol–water partition coefficient (Wildman–Crippen LogP) is 2.07. The highest BCUT2D eigenvalue weighted by molar-refractivity contribution is 7.16. The molecule has 0 aliphatic heterocycles. The van der Waals surface area contributed by atoms with Gasteiger partial charge in [0.15, 0.2) is 0 Å². The quantitative estimate of drug-likeness (QED) is 0.694. The summed E-state index contributed by atoms with van der Waals surface area (Å²) >= 11 is 1.52. The van der Waals surface area contributed by atoms with Crippen molar-refractivity contribution < 1.29 is 0 Å². The Balaban J connectivity index is 3.28. The van der Waals surface area contributed by atoms with Crippen molar-refractivity contribution in [1.29, 1.82) is 5.26 Å². The van der Waals surface area contributed by atoms with Crippen LogP contribution in [-0.2, 0) is 6.42 Å². The Labute approximate surface area is 70.3 Å². The summed E-state index contributed by atoms with van der Waals surface area (Å²) in [5.74, 6) is 0. The first-order valence-corrected chi connectivity index (χ1v) is 4.30. The fourth-order valence-electron chi connectivity index (χ4n) is 1.06. The van der Waals surface area contributed by atoms with E-state index >= 15 is 0 Å². The summed E-state index contributed by atoms with van der Waals surface area (Å²) in [5, 5.41) is 9.34. The van der Waals surface area contributed by atoms with Gasteiger partial charge in [0.05, 0.1) is 5.56 Å². The molecule has 0 aliphatic rings. The van der Waals surface area contributed by atoms with Gasteiger partial charge in [-0.15, -0.1) is 11.3 Å². The van der Waals surface area contributed by atoms with E-state index in [2.05, 4.69) is 13.0 Å². The summed E-state index contributed by atoms with van der Waals surface area (Å²) in [5.41, 5.74) is 7.34. The Morgan fingerprint density at radius 2 is 2.27 bits per heavy atom. The molecule has 0 spiro atoms. The second-order valence-corrected chi connectivity index (χ2v) is 3.49.